The van der Waals surface area contributed by atoms with Crippen LogP contribution in [0.1, 0.15) is 62.3 Å². The first-order chi connectivity index (χ1) is 23.1. The summed E-state index contributed by atoms with van der Waals surface area (Å²) in [5.74, 6) is 3.14. The molecule has 242 valence electrons. The average molecular weight is 637 g/mol. The average Bonchev–Trinajstić information content (AvgIpc) is 3.66. The van der Waals surface area contributed by atoms with Crippen LogP contribution >= 0.6 is 0 Å². The lowest BCUT2D eigenvalue weighted by Crippen LogP contribution is -2.00. The molecule has 0 atom stereocenters. The third-order valence-corrected chi connectivity index (χ3v) is 9.14. The number of halogens is 1. The van der Waals surface area contributed by atoms with Crippen molar-refractivity contribution in [2.24, 2.45) is 5.92 Å². The molecule has 5 nitrogen and oxygen atoms in total. The molecule has 7 aromatic rings. The summed E-state index contributed by atoms with van der Waals surface area (Å²) in [4.78, 5) is 4.80. The Balaban J connectivity index is 1.30. The number of aryl methyl sites for hydroxylation is 3. The van der Waals surface area contributed by atoms with Crippen LogP contribution < -0.4 is 4.74 Å². The molecule has 0 bridgehead atoms. The first-order valence-corrected chi connectivity index (χ1v) is 16.8. The van der Waals surface area contributed by atoms with E-state index in [1.165, 1.54) is 16.5 Å². The van der Waals surface area contributed by atoms with E-state index < -0.39 is 0 Å². The molecule has 0 spiro atoms. The number of rotatable bonds is 9. The summed E-state index contributed by atoms with van der Waals surface area (Å²) in [6.45, 7) is 12.8. The summed E-state index contributed by atoms with van der Waals surface area (Å²) in [6, 6.07) is 28.6. The van der Waals surface area contributed by atoms with Gasteiger partial charge in [-0.2, -0.15) is 5.10 Å². The van der Waals surface area contributed by atoms with Gasteiger partial charge in [0.1, 0.15) is 23.1 Å². The number of pyridine rings is 1. The maximum absolute atomic E-state index is 14.0. The maximum atomic E-state index is 14.0. The molecular formula is C42H41FN4O. The van der Waals surface area contributed by atoms with E-state index in [0.29, 0.717) is 11.8 Å². The number of para-hydroxylation sites is 1. The van der Waals surface area contributed by atoms with Gasteiger partial charge in [0.25, 0.3) is 0 Å². The highest BCUT2D eigenvalue weighted by Gasteiger charge is 2.16. The zero-order valence-electron chi connectivity index (χ0n) is 28.5. The van der Waals surface area contributed by atoms with Gasteiger partial charge < -0.3 is 4.74 Å². The van der Waals surface area contributed by atoms with Crippen molar-refractivity contribution in [3.8, 4) is 34.1 Å². The van der Waals surface area contributed by atoms with Crippen molar-refractivity contribution in [1.82, 2.24) is 19.3 Å². The summed E-state index contributed by atoms with van der Waals surface area (Å²) in [7, 11) is 0. The number of benzene rings is 4. The number of fused-ring (bicyclic) bond motifs is 3. The number of hydrogen-bond acceptors (Lipinski definition) is 3. The molecule has 0 N–H and O–H groups in total. The number of nitrogens with zero attached hydrogens (tertiary/aromatic N) is 4. The van der Waals surface area contributed by atoms with Gasteiger partial charge in [-0.15, -0.1) is 0 Å². The van der Waals surface area contributed by atoms with Crippen molar-refractivity contribution in [2.45, 2.75) is 60.3 Å². The van der Waals surface area contributed by atoms with E-state index in [1.54, 1.807) is 12.1 Å². The quantitative estimate of drug-likeness (QED) is 0.158. The van der Waals surface area contributed by atoms with Crippen LogP contribution in [0.2, 0.25) is 0 Å². The van der Waals surface area contributed by atoms with E-state index >= 15 is 0 Å². The maximum Gasteiger partial charge on any atom is 0.137 e. The molecule has 4 aromatic carbocycles. The zero-order valence-corrected chi connectivity index (χ0v) is 28.5. The van der Waals surface area contributed by atoms with Crippen LogP contribution in [0.4, 0.5) is 4.39 Å². The monoisotopic (exact) mass is 636 g/mol. The third kappa shape index (κ3) is 6.11. The van der Waals surface area contributed by atoms with E-state index in [1.807, 2.05) is 49.3 Å². The smallest absolute Gasteiger partial charge is 0.137 e. The molecule has 0 radical (unpaired) electrons. The molecule has 0 unspecified atom stereocenters. The number of hydrogen-bond donors (Lipinski definition) is 0. The lowest BCUT2D eigenvalue weighted by Gasteiger charge is -2.13. The first kappa shape index (κ1) is 31.4. The Morgan fingerprint density at radius 1 is 0.792 bits per heavy atom. The van der Waals surface area contributed by atoms with Gasteiger partial charge in [0, 0.05) is 40.9 Å². The van der Waals surface area contributed by atoms with Gasteiger partial charge in [-0.25, -0.2) is 14.1 Å². The Labute approximate surface area is 281 Å². The second kappa shape index (κ2) is 12.8. The van der Waals surface area contributed by atoms with Crippen molar-refractivity contribution in [2.75, 3.05) is 0 Å². The van der Waals surface area contributed by atoms with Gasteiger partial charge in [-0.3, -0.25) is 4.57 Å². The van der Waals surface area contributed by atoms with E-state index in [0.717, 1.165) is 74.5 Å². The molecule has 3 aromatic heterocycles. The largest absolute Gasteiger partial charge is 0.457 e. The Morgan fingerprint density at radius 3 is 2.33 bits per heavy atom. The second-order valence-electron chi connectivity index (χ2n) is 13.6. The van der Waals surface area contributed by atoms with Gasteiger partial charge in [0.05, 0.1) is 22.9 Å². The van der Waals surface area contributed by atoms with Crippen LogP contribution in [-0.4, -0.2) is 19.3 Å². The summed E-state index contributed by atoms with van der Waals surface area (Å²) in [5, 5.41) is 7.06. The standard InChI is InChI=1S/C42H41FN4O/c1-26(2)11-12-30-19-34(46-25-32(24-45-46)42-28(5)17-33(43)18-29(42)6)22-36(20-30)48-35-13-14-38-37-9-7-8-10-39(37)47(40(38)23-35)41-21-31(27(3)4)15-16-44-41/h7-10,13-27H,11-12H2,1-6H3. The van der Waals surface area contributed by atoms with E-state index in [-0.39, 0.29) is 5.82 Å². The molecule has 7 rings (SSSR count). The SMILES string of the molecule is Cc1cc(F)cc(C)c1-c1cnn(-c2cc(CCC(C)C)cc(Oc3ccc4c5ccccc5n(-c5cc(C(C)C)ccn5)c4c3)c2)c1. The van der Waals surface area contributed by atoms with Crippen molar-refractivity contribution in [3.63, 3.8) is 0 Å². The Morgan fingerprint density at radius 2 is 1.56 bits per heavy atom. The molecule has 3 heterocycles. The number of ether oxygens (including phenoxy) is 1. The summed E-state index contributed by atoms with van der Waals surface area (Å²) in [6.07, 6.45) is 7.76. The fourth-order valence-corrected chi connectivity index (χ4v) is 6.71. The Hall–Kier alpha value is -5.23. The fourth-order valence-electron chi connectivity index (χ4n) is 6.71. The van der Waals surface area contributed by atoms with Gasteiger partial charge in [-0.05, 0) is 121 Å². The molecule has 0 amide bonds. The van der Waals surface area contributed by atoms with Crippen molar-refractivity contribution in [1.29, 1.82) is 0 Å². The first-order valence-electron chi connectivity index (χ1n) is 16.8. The summed E-state index contributed by atoms with van der Waals surface area (Å²) < 4.78 is 24.8. The van der Waals surface area contributed by atoms with Crippen molar-refractivity contribution >= 4 is 21.8 Å². The van der Waals surface area contributed by atoms with Crippen LogP contribution in [0.5, 0.6) is 11.5 Å². The minimum atomic E-state index is -0.223. The van der Waals surface area contributed by atoms with Crippen LogP contribution in [0.15, 0.2) is 104 Å². The highest BCUT2D eigenvalue weighted by molar-refractivity contribution is 6.09. The minimum absolute atomic E-state index is 0.223. The molecule has 48 heavy (non-hydrogen) atoms. The second-order valence-corrected chi connectivity index (χ2v) is 13.6. The van der Waals surface area contributed by atoms with E-state index in [9.17, 15) is 4.39 Å². The molecule has 0 fully saturated rings. The Bertz CT molecular complexity index is 2250. The molecule has 6 heteroatoms. The van der Waals surface area contributed by atoms with Gasteiger partial charge in [0.2, 0.25) is 0 Å². The van der Waals surface area contributed by atoms with Crippen LogP contribution in [0.3, 0.4) is 0 Å². The normalized spacial score (nSPS) is 11.8. The molecule has 0 aliphatic carbocycles. The number of aromatic nitrogens is 4. The highest BCUT2D eigenvalue weighted by Crippen LogP contribution is 2.36. The predicted octanol–water partition coefficient (Wildman–Crippen LogP) is 11.3. The topological polar surface area (TPSA) is 44.9 Å². The van der Waals surface area contributed by atoms with E-state index in [2.05, 4.69) is 92.9 Å². The lowest BCUT2D eigenvalue weighted by molar-refractivity contribution is 0.481. The minimum Gasteiger partial charge on any atom is -0.457 e. The van der Waals surface area contributed by atoms with Gasteiger partial charge in [0.15, 0.2) is 0 Å². The van der Waals surface area contributed by atoms with Crippen LogP contribution in [0, 0.1) is 25.6 Å². The third-order valence-electron chi connectivity index (χ3n) is 9.14. The lowest BCUT2D eigenvalue weighted by atomic mass is 9.98. The molecule has 0 saturated carbocycles. The van der Waals surface area contributed by atoms with E-state index in [4.69, 9.17) is 14.8 Å². The summed E-state index contributed by atoms with van der Waals surface area (Å²) in [5.41, 5.74) is 9.24. The van der Waals surface area contributed by atoms with Crippen LogP contribution in [-0.2, 0) is 6.42 Å². The van der Waals surface area contributed by atoms with Crippen molar-refractivity contribution in [3.05, 3.63) is 132 Å². The summed E-state index contributed by atoms with van der Waals surface area (Å²) >= 11 is 0. The van der Waals surface area contributed by atoms with Crippen molar-refractivity contribution < 1.29 is 9.13 Å². The predicted molar refractivity (Wildman–Crippen MR) is 194 cm³/mol. The zero-order chi connectivity index (χ0) is 33.5. The molecule has 0 aliphatic heterocycles. The van der Waals surface area contributed by atoms with Crippen LogP contribution in [0.25, 0.3) is 44.4 Å². The molecule has 0 aliphatic rings. The molecular weight excluding hydrogens is 595 g/mol. The Kier molecular flexibility index (Phi) is 8.34. The van der Waals surface area contributed by atoms with Gasteiger partial charge >= 0.3 is 0 Å². The highest BCUT2D eigenvalue weighted by atomic mass is 19.1. The fraction of sp³-hybridized carbons (Fsp3) is 0.238. The molecule has 0 saturated heterocycles. The van der Waals surface area contributed by atoms with Gasteiger partial charge in [-0.1, -0.05) is 45.9 Å².